The number of nitrogens with zero attached hydrogens (tertiary/aromatic N) is 4. The number of amides is 1. The number of aryl methyl sites for hydroxylation is 1. The molecule has 0 radical (unpaired) electrons. The van der Waals surface area contributed by atoms with E-state index >= 15 is 0 Å². The number of carbonyl (C=O) groups is 1. The van der Waals surface area contributed by atoms with Gasteiger partial charge in [0, 0.05) is 39.3 Å². The number of hydrogen-bond donors (Lipinski definition) is 1. The quantitative estimate of drug-likeness (QED) is 0.628. The first-order valence-corrected chi connectivity index (χ1v) is 6.81. The normalized spacial score (nSPS) is 15.8. The van der Waals surface area contributed by atoms with E-state index in [-0.39, 0.29) is 11.6 Å². The van der Waals surface area contributed by atoms with Crippen LogP contribution in [0.3, 0.4) is 0 Å². The van der Waals surface area contributed by atoms with E-state index in [9.17, 15) is 14.9 Å². The molecule has 1 fully saturated rings. The standard InChI is InChI=1S/C13H19N5O3/c1-10-11(18(20)21)3-4-12(15-10)17-7-5-16(6-8-17)9-13(19)14-2/h3-4H,5-9H2,1-2H3,(H,14,19). The fourth-order valence-electron chi connectivity index (χ4n) is 2.33. The topological polar surface area (TPSA) is 91.6 Å². The molecule has 0 aliphatic carbocycles. The van der Waals surface area contributed by atoms with Crippen LogP contribution in [0.2, 0.25) is 0 Å². The summed E-state index contributed by atoms with van der Waals surface area (Å²) in [6.07, 6.45) is 0. The van der Waals surface area contributed by atoms with Crippen LogP contribution in [0.5, 0.6) is 0 Å². The summed E-state index contributed by atoms with van der Waals surface area (Å²) in [6.45, 7) is 5.08. The fourth-order valence-corrected chi connectivity index (χ4v) is 2.33. The lowest BCUT2D eigenvalue weighted by Crippen LogP contribution is -2.49. The van der Waals surface area contributed by atoms with Gasteiger partial charge in [-0.25, -0.2) is 4.98 Å². The van der Waals surface area contributed by atoms with Gasteiger partial charge in [-0.05, 0) is 13.0 Å². The number of likely N-dealkylation sites (N-methyl/N-ethyl adjacent to an activating group) is 1. The van der Waals surface area contributed by atoms with E-state index in [4.69, 9.17) is 0 Å². The van der Waals surface area contributed by atoms with E-state index in [1.165, 1.54) is 6.07 Å². The molecule has 1 aliphatic heterocycles. The summed E-state index contributed by atoms with van der Waals surface area (Å²) in [4.78, 5) is 30.2. The van der Waals surface area contributed by atoms with Gasteiger partial charge in [-0.1, -0.05) is 0 Å². The summed E-state index contributed by atoms with van der Waals surface area (Å²) in [5, 5.41) is 13.4. The Morgan fingerprint density at radius 1 is 1.38 bits per heavy atom. The highest BCUT2D eigenvalue weighted by Crippen LogP contribution is 2.21. The van der Waals surface area contributed by atoms with E-state index in [0.29, 0.717) is 12.2 Å². The van der Waals surface area contributed by atoms with Gasteiger partial charge in [-0.3, -0.25) is 19.8 Å². The van der Waals surface area contributed by atoms with Gasteiger partial charge in [-0.2, -0.15) is 0 Å². The Bertz CT molecular complexity index is 541. The molecule has 1 saturated heterocycles. The van der Waals surface area contributed by atoms with Crippen molar-refractivity contribution in [3.05, 3.63) is 27.9 Å². The molecule has 1 amide bonds. The van der Waals surface area contributed by atoms with Crippen LogP contribution < -0.4 is 10.2 Å². The minimum absolute atomic E-state index is 0.00718. The number of nitrogens with one attached hydrogen (secondary N) is 1. The Morgan fingerprint density at radius 2 is 2.05 bits per heavy atom. The lowest BCUT2D eigenvalue weighted by atomic mass is 10.2. The van der Waals surface area contributed by atoms with Crippen molar-refractivity contribution in [2.24, 2.45) is 0 Å². The molecule has 0 bridgehead atoms. The van der Waals surface area contributed by atoms with Gasteiger partial charge in [0.2, 0.25) is 5.91 Å². The molecule has 1 aliphatic rings. The molecule has 1 N–H and O–H groups in total. The van der Waals surface area contributed by atoms with Crippen molar-refractivity contribution >= 4 is 17.4 Å². The van der Waals surface area contributed by atoms with E-state index in [0.717, 1.165) is 32.0 Å². The van der Waals surface area contributed by atoms with Crippen LogP contribution in [-0.4, -0.2) is 60.5 Å². The largest absolute Gasteiger partial charge is 0.358 e. The van der Waals surface area contributed by atoms with Crippen LogP contribution in [-0.2, 0) is 4.79 Å². The smallest absolute Gasteiger partial charge is 0.290 e. The number of carbonyl (C=O) groups excluding carboxylic acids is 1. The van der Waals surface area contributed by atoms with E-state index in [1.807, 2.05) is 0 Å². The summed E-state index contributed by atoms with van der Waals surface area (Å²) < 4.78 is 0. The maximum absolute atomic E-state index is 11.3. The van der Waals surface area contributed by atoms with Crippen LogP contribution in [0.4, 0.5) is 11.5 Å². The Labute approximate surface area is 122 Å². The van der Waals surface area contributed by atoms with Gasteiger partial charge in [0.1, 0.15) is 11.5 Å². The summed E-state index contributed by atoms with van der Waals surface area (Å²) in [6, 6.07) is 3.17. The summed E-state index contributed by atoms with van der Waals surface area (Å²) >= 11 is 0. The highest BCUT2D eigenvalue weighted by atomic mass is 16.6. The lowest BCUT2D eigenvalue weighted by Gasteiger charge is -2.34. The molecule has 2 heterocycles. The number of nitro groups is 1. The van der Waals surface area contributed by atoms with Crippen molar-refractivity contribution in [2.75, 3.05) is 44.7 Å². The molecule has 0 aromatic carbocycles. The zero-order chi connectivity index (χ0) is 15.4. The molecule has 8 nitrogen and oxygen atoms in total. The molecule has 0 spiro atoms. The summed E-state index contributed by atoms with van der Waals surface area (Å²) in [5.74, 6) is 0.755. The van der Waals surface area contributed by atoms with E-state index in [2.05, 4.69) is 20.1 Å². The van der Waals surface area contributed by atoms with Gasteiger partial charge in [0.15, 0.2) is 0 Å². The monoisotopic (exact) mass is 293 g/mol. The van der Waals surface area contributed by atoms with Crippen molar-refractivity contribution < 1.29 is 9.72 Å². The van der Waals surface area contributed by atoms with Gasteiger partial charge >= 0.3 is 0 Å². The van der Waals surface area contributed by atoms with Crippen LogP contribution >= 0.6 is 0 Å². The van der Waals surface area contributed by atoms with Crippen molar-refractivity contribution in [1.82, 2.24) is 15.2 Å². The molecule has 114 valence electrons. The first-order chi connectivity index (χ1) is 10.0. The maximum atomic E-state index is 11.3. The Kier molecular flexibility index (Phi) is 4.69. The van der Waals surface area contributed by atoms with Crippen LogP contribution in [0.1, 0.15) is 5.69 Å². The van der Waals surface area contributed by atoms with Gasteiger partial charge in [-0.15, -0.1) is 0 Å². The second-order valence-electron chi connectivity index (χ2n) is 4.97. The van der Waals surface area contributed by atoms with Crippen molar-refractivity contribution in [1.29, 1.82) is 0 Å². The summed E-state index contributed by atoms with van der Waals surface area (Å²) in [7, 11) is 1.63. The van der Waals surface area contributed by atoms with Crippen molar-refractivity contribution in [3.8, 4) is 0 Å². The third-order valence-corrected chi connectivity index (χ3v) is 3.58. The Morgan fingerprint density at radius 3 is 2.57 bits per heavy atom. The Balaban J connectivity index is 1.97. The van der Waals surface area contributed by atoms with Gasteiger partial charge in [0.25, 0.3) is 5.69 Å². The molecule has 0 unspecified atom stereocenters. The first kappa shape index (κ1) is 15.2. The maximum Gasteiger partial charge on any atom is 0.290 e. The zero-order valence-electron chi connectivity index (χ0n) is 12.2. The van der Waals surface area contributed by atoms with Gasteiger partial charge < -0.3 is 10.2 Å². The van der Waals surface area contributed by atoms with Crippen molar-refractivity contribution in [2.45, 2.75) is 6.92 Å². The zero-order valence-corrected chi connectivity index (χ0v) is 12.2. The Hall–Kier alpha value is -2.22. The highest BCUT2D eigenvalue weighted by molar-refractivity contribution is 5.77. The fraction of sp³-hybridized carbons (Fsp3) is 0.538. The number of pyridine rings is 1. The SMILES string of the molecule is CNC(=O)CN1CCN(c2ccc([N+](=O)[O-])c(C)n2)CC1. The minimum Gasteiger partial charge on any atom is -0.358 e. The molecule has 0 saturated carbocycles. The molecule has 21 heavy (non-hydrogen) atoms. The third kappa shape index (κ3) is 3.66. The first-order valence-electron chi connectivity index (χ1n) is 6.81. The van der Waals surface area contributed by atoms with Gasteiger partial charge in [0.05, 0.1) is 11.5 Å². The molecule has 1 aromatic rings. The predicted molar refractivity (Wildman–Crippen MR) is 78.3 cm³/mol. The van der Waals surface area contributed by atoms with Crippen LogP contribution in [0, 0.1) is 17.0 Å². The van der Waals surface area contributed by atoms with Crippen LogP contribution in [0.15, 0.2) is 12.1 Å². The number of rotatable bonds is 4. The van der Waals surface area contributed by atoms with Crippen LogP contribution in [0.25, 0.3) is 0 Å². The number of hydrogen-bond acceptors (Lipinski definition) is 6. The second kappa shape index (κ2) is 6.49. The predicted octanol–water partition coefficient (Wildman–Crippen LogP) is 0.166. The number of aromatic nitrogens is 1. The van der Waals surface area contributed by atoms with E-state index < -0.39 is 4.92 Å². The second-order valence-corrected chi connectivity index (χ2v) is 4.97. The van der Waals surface area contributed by atoms with Crippen molar-refractivity contribution in [3.63, 3.8) is 0 Å². The number of piperazine rings is 1. The average Bonchev–Trinajstić information content (AvgIpc) is 2.47. The molecule has 0 atom stereocenters. The average molecular weight is 293 g/mol. The molecule has 1 aromatic heterocycles. The molecule has 2 rings (SSSR count). The minimum atomic E-state index is -0.423. The molecular formula is C13H19N5O3. The summed E-state index contributed by atoms with van der Waals surface area (Å²) in [5.41, 5.74) is 0.460. The molecule has 8 heteroatoms. The van der Waals surface area contributed by atoms with E-state index in [1.54, 1.807) is 20.0 Å². The molecular weight excluding hydrogens is 274 g/mol. The number of anilines is 1. The third-order valence-electron chi connectivity index (χ3n) is 3.58. The lowest BCUT2D eigenvalue weighted by molar-refractivity contribution is -0.385. The highest BCUT2D eigenvalue weighted by Gasteiger charge is 2.21.